The number of para-hydroxylation sites is 1. The molecular formula is C23H22ClN5O2S. The van der Waals surface area contributed by atoms with E-state index in [1.807, 2.05) is 56.3 Å². The van der Waals surface area contributed by atoms with Crippen molar-refractivity contribution in [3.63, 3.8) is 0 Å². The Labute approximate surface area is 195 Å². The highest BCUT2D eigenvalue weighted by Gasteiger charge is 2.31. The van der Waals surface area contributed by atoms with Gasteiger partial charge >= 0.3 is 0 Å². The Hall–Kier alpha value is -2.84. The highest BCUT2D eigenvalue weighted by Crippen LogP contribution is 2.42. The number of ether oxygens (including phenoxy) is 1. The molecule has 7 nitrogen and oxygen atoms in total. The lowest BCUT2D eigenvalue weighted by Gasteiger charge is -2.12. The van der Waals surface area contributed by atoms with Crippen LogP contribution in [0.4, 0.5) is 0 Å². The van der Waals surface area contributed by atoms with Crippen LogP contribution in [-0.2, 0) is 6.61 Å². The van der Waals surface area contributed by atoms with E-state index in [9.17, 15) is 0 Å². The number of hydrogen-bond donors (Lipinski definition) is 0. The molecule has 4 aromatic rings. The van der Waals surface area contributed by atoms with Crippen LogP contribution in [0.1, 0.15) is 48.3 Å². The fraction of sp³-hybridized carbons (Fsp3) is 0.304. The van der Waals surface area contributed by atoms with Gasteiger partial charge in [0.25, 0.3) is 0 Å². The molecule has 32 heavy (non-hydrogen) atoms. The zero-order valence-electron chi connectivity index (χ0n) is 17.7. The van der Waals surface area contributed by atoms with Gasteiger partial charge in [0.1, 0.15) is 12.4 Å². The lowest BCUT2D eigenvalue weighted by atomic mass is 10.1. The first-order valence-corrected chi connectivity index (χ1v) is 11.7. The molecule has 1 aliphatic carbocycles. The summed E-state index contributed by atoms with van der Waals surface area (Å²) in [4.78, 5) is 0. The standard InChI is InChI=1S/C23H22ClN5O2S/c1-14-6-5-7-16(12-14)22-27-26-21(31-22)15(2)32-23-28-25-20(29(23)17-10-11-17)13-30-19-9-4-3-8-18(19)24/h3-9,12,15,17H,10-11,13H2,1-2H3/t15-/m0/s1. The predicted molar refractivity (Wildman–Crippen MR) is 123 cm³/mol. The van der Waals surface area contributed by atoms with Crippen molar-refractivity contribution in [2.45, 2.75) is 49.7 Å². The minimum absolute atomic E-state index is 0.0694. The number of aryl methyl sites for hydroxylation is 1. The van der Waals surface area contributed by atoms with Crippen LogP contribution in [0.5, 0.6) is 5.75 Å². The van der Waals surface area contributed by atoms with Gasteiger partial charge in [0, 0.05) is 11.6 Å². The third kappa shape index (κ3) is 4.52. The molecule has 2 aromatic carbocycles. The molecule has 0 amide bonds. The molecule has 0 N–H and O–H groups in total. The SMILES string of the molecule is Cc1cccc(-c2nnc([C@H](C)Sc3nnc(COc4ccccc4Cl)n3C3CC3)o2)c1. The highest BCUT2D eigenvalue weighted by molar-refractivity contribution is 7.99. The topological polar surface area (TPSA) is 78.9 Å². The summed E-state index contributed by atoms with van der Waals surface area (Å²) in [7, 11) is 0. The van der Waals surface area contributed by atoms with Crippen molar-refractivity contribution in [1.82, 2.24) is 25.0 Å². The van der Waals surface area contributed by atoms with E-state index in [0.29, 0.717) is 35.2 Å². The van der Waals surface area contributed by atoms with Crippen molar-refractivity contribution in [3.05, 3.63) is 70.8 Å². The Kier molecular flexibility index (Phi) is 5.89. The molecule has 0 aliphatic heterocycles. The second-order valence-electron chi connectivity index (χ2n) is 7.79. The number of benzene rings is 2. The van der Waals surface area contributed by atoms with E-state index in [4.69, 9.17) is 20.8 Å². The molecule has 0 spiro atoms. The molecule has 9 heteroatoms. The van der Waals surface area contributed by atoms with Gasteiger partial charge in [-0.2, -0.15) is 0 Å². The molecule has 0 radical (unpaired) electrons. The number of halogens is 1. The Bertz CT molecular complexity index is 1240. The minimum Gasteiger partial charge on any atom is -0.484 e. The van der Waals surface area contributed by atoms with E-state index in [-0.39, 0.29) is 5.25 Å². The molecule has 1 aliphatic rings. The second-order valence-corrected chi connectivity index (χ2v) is 9.51. The Balaban J connectivity index is 1.32. The first-order valence-electron chi connectivity index (χ1n) is 10.5. The molecule has 0 bridgehead atoms. The van der Waals surface area contributed by atoms with E-state index < -0.39 is 0 Å². The van der Waals surface area contributed by atoms with Crippen LogP contribution >= 0.6 is 23.4 Å². The fourth-order valence-electron chi connectivity index (χ4n) is 3.39. The van der Waals surface area contributed by atoms with Gasteiger partial charge in [-0.25, -0.2) is 0 Å². The Morgan fingerprint density at radius 3 is 2.75 bits per heavy atom. The molecule has 5 rings (SSSR count). The lowest BCUT2D eigenvalue weighted by Crippen LogP contribution is -2.07. The van der Waals surface area contributed by atoms with E-state index >= 15 is 0 Å². The summed E-state index contributed by atoms with van der Waals surface area (Å²) in [5.74, 6) is 2.50. The van der Waals surface area contributed by atoms with Crippen LogP contribution < -0.4 is 4.74 Å². The van der Waals surface area contributed by atoms with Gasteiger partial charge < -0.3 is 9.15 Å². The second kappa shape index (κ2) is 8.96. The van der Waals surface area contributed by atoms with Crippen molar-refractivity contribution in [3.8, 4) is 17.2 Å². The quantitative estimate of drug-likeness (QED) is 0.291. The van der Waals surface area contributed by atoms with Crippen LogP contribution in [-0.4, -0.2) is 25.0 Å². The van der Waals surface area contributed by atoms with Gasteiger partial charge in [-0.05, 0) is 51.0 Å². The van der Waals surface area contributed by atoms with Crippen LogP contribution in [0.15, 0.2) is 58.1 Å². The third-order valence-electron chi connectivity index (χ3n) is 5.18. The highest BCUT2D eigenvalue weighted by atomic mass is 35.5. The normalized spacial score (nSPS) is 14.5. The summed E-state index contributed by atoms with van der Waals surface area (Å²) < 4.78 is 14.0. The van der Waals surface area contributed by atoms with Gasteiger partial charge in [0.2, 0.25) is 11.8 Å². The van der Waals surface area contributed by atoms with Crippen LogP contribution in [0.2, 0.25) is 5.02 Å². The van der Waals surface area contributed by atoms with Crippen LogP contribution in [0.25, 0.3) is 11.5 Å². The van der Waals surface area contributed by atoms with E-state index in [2.05, 4.69) is 25.0 Å². The molecule has 0 saturated heterocycles. The maximum Gasteiger partial charge on any atom is 0.247 e. The van der Waals surface area contributed by atoms with Crippen molar-refractivity contribution in [2.75, 3.05) is 0 Å². The van der Waals surface area contributed by atoms with Crippen LogP contribution in [0.3, 0.4) is 0 Å². The molecule has 1 fully saturated rings. The number of thioether (sulfide) groups is 1. The number of hydrogen-bond acceptors (Lipinski definition) is 7. The Morgan fingerprint density at radius 2 is 1.97 bits per heavy atom. The zero-order chi connectivity index (χ0) is 22.1. The maximum atomic E-state index is 6.21. The first kappa shape index (κ1) is 21.0. The minimum atomic E-state index is -0.0694. The fourth-order valence-corrected chi connectivity index (χ4v) is 4.55. The predicted octanol–water partition coefficient (Wildman–Crippen LogP) is 6.06. The summed E-state index contributed by atoms with van der Waals surface area (Å²) in [6, 6.07) is 15.8. The van der Waals surface area contributed by atoms with Crippen LogP contribution in [0, 0.1) is 6.92 Å². The van der Waals surface area contributed by atoms with Gasteiger partial charge in [0.05, 0.1) is 10.3 Å². The summed E-state index contributed by atoms with van der Waals surface area (Å²) in [6.45, 7) is 4.38. The average Bonchev–Trinajstić information content (AvgIpc) is 3.35. The van der Waals surface area contributed by atoms with E-state index in [1.165, 1.54) is 0 Å². The molecule has 2 heterocycles. The summed E-state index contributed by atoms with van der Waals surface area (Å²) in [5, 5.41) is 18.6. The van der Waals surface area contributed by atoms with Gasteiger partial charge in [-0.15, -0.1) is 20.4 Å². The number of rotatable bonds is 8. The summed E-state index contributed by atoms with van der Waals surface area (Å²) in [6.07, 6.45) is 2.22. The van der Waals surface area contributed by atoms with Gasteiger partial charge in [-0.3, -0.25) is 4.57 Å². The number of nitrogens with zero attached hydrogens (tertiary/aromatic N) is 5. The van der Waals surface area contributed by atoms with Crippen molar-refractivity contribution >= 4 is 23.4 Å². The molecular weight excluding hydrogens is 446 g/mol. The maximum absolute atomic E-state index is 6.21. The zero-order valence-corrected chi connectivity index (χ0v) is 19.3. The Morgan fingerprint density at radius 1 is 1.12 bits per heavy atom. The lowest BCUT2D eigenvalue weighted by molar-refractivity contribution is 0.288. The third-order valence-corrected chi connectivity index (χ3v) is 6.53. The largest absolute Gasteiger partial charge is 0.484 e. The number of aromatic nitrogens is 5. The van der Waals surface area contributed by atoms with Crippen molar-refractivity contribution in [1.29, 1.82) is 0 Å². The van der Waals surface area contributed by atoms with Crippen molar-refractivity contribution in [2.24, 2.45) is 0 Å². The van der Waals surface area contributed by atoms with Gasteiger partial charge in [0.15, 0.2) is 11.0 Å². The van der Waals surface area contributed by atoms with Gasteiger partial charge in [-0.1, -0.05) is 53.2 Å². The molecule has 1 atom stereocenters. The molecule has 2 aromatic heterocycles. The van der Waals surface area contributed by atoms with E-state index in [0.717, 1.165) is 34.9 Å². The smallest absolute Gasteiger partial charge is 0.247 e. The molecule has 0 unspecified atom stereocenters. The van der Waals surface area contributed by atoms with E-state index in [1.54, 1.807) is 17.8 Å². The monoisotopic (exact) mass is 467 g/mol. The first-order chi connectivity index (χ1) is 15.6. The summed E-state index contributed by atoms with van der Waals surface area (Å²) >= 11 is 7.77. The average molecular weight is 468 g/mol. The molecule has 1 saturated carbocycles. The molecule has 164 valence electrons. The van der Waals surface area contributed by atoms with Crippen molar-refractivity contribution < 1.29 is 9.15 Å². The summed E-state index contributed by atoms with van der Waals surface area (Å²) in [5.41, 5.74) is 2.06.